The number of hydrogen-bond donors (Lipinski definition) is 1. The zero-order chi connectivity index (χ0) is 20.1. The standard InChI is InChI=1S/C19H19ClFN5OS/c1-2-25(11-13-6-5-7-14(21)10-13)17(27)12-28-19-24-23-18(26(19)22)15-8-3-4-9-16(15)20/h3-10H,2,11-12,22H2,1H3. The second kappa shape index (κ2) is 9.07. The van der Waals surface area contributed by atoms with Crippen LogP contribution in [0.3, 0.4) is 0 Å². The lowest BCUT2D eigenvalue weighted by molar-refractivity contribution is -0.128. The molecule has 6 nitrogen and oxygen atoms in total. The van der Waals surface area contributed by atoms with Gasteiger partial charge in [-0.1, -0.05) is 47.6 Å². The van der Waals surface area contributed by atoms with E-state index in [4.69, 9.17) is 17.4 Å². The van der Waals surface area contributed by atoms with Crippen LogP contribution in [-0.4, -0.2) is 38.0 Å². The van der Waals surface area contributed by atoms with Crippen LogP contribution in [0.5, 0.6) is 0 Å². The molecule has 1 heterocycles. The van der Waals surface area contributed by atoms with Crippen LogP contribution in [0.1, 0.15) is 12.5 Å². The van der Waals surface area contributed by atoms with Crippen molar-refractivity contribution in [3.05, 3.63) is 64.9 Å². The molecule has 2 aromatic carbocycles. The largest absolute Gasteiger partial charge is 0.338 e. The number of amides is 1. The van der Waals surface area contributed by atoms with E-state index in [1.165, 1.54) is 28.6 Å². The third-order valence-electron chi connectivity index (χ3n) is 4.10. The third-order valence-corrected chi connectivity index (χ3v) is 5.36. The Morgan fingerprint density at radius 3 is 2.75 bits per heavy atom. The van der Waals surface area contributed by atoms with Gasteiger partial charge in [0.1, 0.15) is 5.82 Å². The van der Waals surface area contributed by atoms with Gasteiger partial charge in [0, 0.05) is 18.7 Å². The van der Waals surface area contributed by atoms with Crippen LogP contribution >= 0.6 is 23.4 Å². The fraction of sp³-hybridized carbons (Fsp3) is 0.211. The first-order valence-corrected chi connectivity index (χ1v) is 9.96. The van der Waals surface area contributed by atoms with Gasteiger partial charge in [-0.15, -0.1) is 10.2 Å². The zero-order valence-corrected chi connectivity index (χ0v) is 16.8. The number of aromatic nitrogens is 3. The SMILES string of the molecule is CCN(Cc1cccc(F)c1)C(=O)CSc1nnc(-c2ccccc2Cl)n1N. The van der Waals surface area contributed by atoms with Gasteiger partial charge in [0.05, 0.1) is 10.8 Å². The Balaban J connectivity index is 1.66. The van der Waals surface area contributed by atoms with Crippen molar-refractivity contribution in [2.75, 3.05) is 18.1 Å². The minimum atomic E-state index is -0.321. The van der Waals surface area contributed by atoms with E-state index in [-0.39, 0.29) is 17.5 Å². The van der Waals surface area contributed by atoms with Crippen molar-refractivity contribution in [1.29, 1.82) is 0 Å². The number of carbonyl (C=O) groups is 1. The van der Waals surface area contributed by atoms with Crippen molar-refractivity contribution < 1.29 is 9.18 Å². The van der Waals surface area contributed by atoms with Gasteiger partial charge >= 0.3 is 0 Å². The van der Waals surface area contributed by atoms with Gasteiger partial charge in [0.2, 0.25) is 11.1 Å². The normalized spacial score (nSPS) is 10.8. The van der Waals surface area contributed by atoms with Crippen LogP contribution < -0.4 is 5.84 Å². The van der Waals surface area contributed by atoms with Crippen LogP contribution in [0.2, 0.25) is 5.02 Å². The van der Waals surface area contributed by atoms with E-state index in [0.717, 1.165) is 5.56 Å². The fourth-order valence-electron chi connectivity index (χ4n) is 2.65. The molecule has 1 amide bonds. The quantitative estimate of drug-likeness (QED) is 0.467. The van der Waals surface area contributed by atoms with E-state index in [0.29, 0.717) is 34.7 Å². The number of nitrogen functional groups attached to an aromatic ring is 1. The molecule has 0 bridgehead atoms. The number of thioether (sulfide) groups is 1. The molecule has 9 heteroatoms. The summed E-state index contributed by atoms with van der Waals surface area (Å²) in [5.74, 6) is 6.23. The Hall–Kier alpha value is -2.58. The maximum Gasteiger partial charge on any atom is 0.233 e. The van der Waals surface area contributed by atoms with Crippen LogP contribution in [0.15, 0.2) is 53.7 Å². The maximum absolute atomic E-state index is 13.4. The highest BCUT2D eigenvalue weighted by Crippen LogP contribution is 2.27. The van der Waals surface area contributed by atoms with Gasteiger partial charge in [-0.05, 0) is 36.8 Å². The molecule has 2 N–H and O–H groups in total. The van der Waals surface area contributed by atoms with Crippen molar-refractivity contribution in [3.8, 4) is 11.4 Å². The predicted octanol–water partition coefficient (Wildman–Crippen LogP) is 3.59. The Kier molecular flexibility index (Phi) is 6.53. The lowest BCUT2D eigenvalue weighted by Crippen LogP contribution is -2.32. The summed E-state index contributed by atoms with van der Waals surface area (Å²) in [6.07, 6.45) is 0. The molecule has 0 aliphatic rings. The van der Waals surface area contributed by atoms with E-state index < -0.39 is 0 Å². The Bertz CT molecular complexity index is 980. The predicted molar refractivity (Wildman–Crippen MR) is 109 cm³/mol. The summed E-state index contributed by atoms with van der Waals surface area (Å²) in [4.78, 5) is 14.2. The van der Waals surface area contributed by atoms with Gasteiger partial charge in [0.15, 0.2) is 5.82 Å². The van der Waals surface area contributed by atoms with E-state index in [2.05, 4.69) is 10.2 Å². The summed E-state index contributed by atoms with van der Waals surface area (Å²) in [6, 6.07) is 13.4. The van der Waals surface area contributed by atoms with Crippen molar-refractivity contribution >= 4 is 29.3 Å². The number of carbonyl (C=O) groups excluding carboxylic acids is 1. The van der Waals surface area contributed by atoms with Crippen molar-refractivity contribution in [2.45, 2.75) is 18.6 Å². The second-order valence-electron chi connectivity index (χ2n) is 5.98. The molecule has 0 unspecified atom stereocenters. The van der Waals surface area contributed by atoms with E-state index in [9.17, 15) is 9.18 Å². The third kappa shape index (κ3) is 4.63. The molecular formula is C19H19ClFN5OS. The van der Waals surface area contributed by atoms with Crippen LogP contribution in [0.25, 0.3) is 11.4 Å². The summed E-state index contributed by atoms with van der Waals surface area (Å²) in [5.41, 5.74) is 1.40. The summed E-state index contributed by atoms with van der Waals surface area (Å²) in [5, 5.41) is 9.06. The Morgan fingerprint density at radius 2 is 2.04 bits per heavy atom. The first-order chi connectivity index (χ1) is 13.5. The molecule has 0 fully saturated rings. The molecule has 3 rings (SSSR count). The molecule has 146 valence electrons. The number of rotatable bonds is 7. The number of benzene rings is 2. The summed E-state index contributed by atoms with van der Waals surface area (Å²) in [6.45, 7) is 2.73. The lowest BCUT2D eigenvalue weighted by atomic mass is 10.2. The summed E-state index contributed by atoms with van der Waals surface area (Å²) < 4.78 is 14.7. The highest BCUT2D eigenvalue weighted by atomic mass is 35.5. The average molecular weight is 420 g/mol. The lowest BCUT2D eigenvalue weighted by Gasteiger charge is -2.20. The molecule has 0 aliphatic heterocycles. The highest BCUT2D eigenvalue weighted by molar-refractivity contribution is 7.99. The summed E-state index contributed by atoms with van der Waals surface area (Å²) >= 11 is 7.37. The van der Waals surface area contributed by atoms with Crippen molar-refractivity contribution in [3.63, 3.8) is 0 Å². The van der Waals surface area contributed by atoms with Gasteiger partial charge in [-0.25, -0.2) is 9.07 Å². The van der Waals surface area contributed by atoms with Crippen LogP contribution in [-0.2, 0) is 11.3 Å². The number of nitrogens with zero attached hydrogens (tertiary/aromatic N) is 4. The molecule has 0 saturated carbocycles. The van der Waals surface area contributed by atoms with Gasteiger partial charge in [-0.3, -0.25) is 4.79 Å². The molecular weight excluding hydrogens is 401 g/mol. The van der Waals surface area contributed by atoms with Crippen molar-refractivity contribution in [1.82, 2.24) is 19.8 Å². The molecule has 0 atom stereocenters. The number of nitrogens with two attached hydrogens (primary N) is 1. The van der Waals surface area contributed by atoms with E-state index >= 15 is 0 Å². The molecule has 1 aromatic heterocycles. The molecule has 0 aliphatic carbocycles. The second-order valence-corrected chi connectivity index (χ2v) is 7.33. The summed E-state index contributed by atoms with van der Waals surface area (Å²) in [7, 11) is 0. The molecule has 28 heavy (non-hydrogen) atoms. The average Bonchev–Trinajstić information content (AvgIpc) is 3.05. The number of hydrogen-bond acceptors (Lipinski definition) is 5. The first-order valence-electron chi connectivity index (χ1n) is 8.60. The molecule has 3 aromatic rings. The Labute approximate surface area is 171 Å². The maximum atomic E-state index is 13.4. The van der Waals surface area contributed by atoms with Gasteiger partial charge in [-0.2, -0.15) is 0 Å². The molecule has 0 spiro atoms. The number of halogens is 2. The molecule has 0 radical (unpaired) electrons. The van der Waals surface area contributed by atoms with Crippen LogP contribution in [0, 0.1) is 5.82 Å². The minimum Gasteiger partial charge on any atom is -0.338 e. The zero-order valence-electron chi connectivity index (χ0n) is 15.2. The Morgan fingerprint density at radius 1 is 1.25 bits per heavy atom. The monoisotopic (exact) mass is 419 g/mol. The molecule has 0 saturated heterocycles. The van der Waals surface area contributed by atoms with E-state index in [1.807, 2.05) is 19.1 Å². The highest BCUT2D eigenvalue weighted by Gasteiger charge is 2.18. The van der Waals surface area contributed by atoms with E-state index in [1.54, 1.807) is 29.2 Å². The minimum absolute atomic E-state index is 0.0981. The van der Waals surface area contributed by atoms with Gasteiger partial charge in [0.25, 0.3) is 0 Å². The fourth-order valence-corrected chi connectivity index (χ4v) is 3.63. The van der Waals surface area contributed by atoms with Gasteiger partial charge < -0.3 is 10.7 Å². The van der Waals surface area contributed by atoms with Crippen molar-refractivity contribution in [2.24, 2.45) is 0 Å². The smallest absolute Gasteiger partial charge is 0.233 e. The van der Waals surface area contributed by atoms with Crippen LogP contribution in [0.4, 0.5) is 4.39 Å². The topological polar surface area (TPSA) is 77.0 Å². The first kappa shape index (κ1) is 20.2.